The van der Waals surface area contributed by atoms with Crippen molar-refractivity contribution < 1.29 is 9.84 Å². The standard InChI is InChI=1S/C19H29NO2/c1-18(2,3)15-7-5-14(6-8-15)9-19(21)10-16-12-22-13-17(11-19)20(16)4/h5-8,16-17,21H,9-13H2,1-4H3. The molecule has 0 aromatic heterocycles. The van der Waals surface area contributed by atoms with Crippen molar-refractivity contribution in [3.63, 3.8) is 0 Å². The van der Waals surface area contributed by atoms with Gasteiger partial charge in [0.2, 0.25) is 0 Å². The number of rotatable bonds is 2. The normalized spacial score (nSPS) is 33.0. The molecule has 2 aliphatic rings. The molecule has 1 N–H and O–H groups in total. The molecular weight excluding hydrogens is 274 g/mol. The van der Waals surface area contributed by atoms with E-state index in [0.29, 0.717) is 12.1 Å². The van der Waals surface area contributed by atoms with Gasteiger partial charge in [0.25, 0.3) is 0 Å². The van der Waals surface area contributed by atoms with Crippen LogP contribution in [0.1, 0.15) is 44.7 Å². The zero-order chi connectivity index (χ0) is 16.0. The van der Waals surface area contributed by atoms with E-state index in [0.717, 1.165) is 32.5 Å². The highest BCUT2D eigenvalue weighted by Crippen LogP contribution is 2.36. The molecule has 1 aromatic rings. The summed E-state index contributed by atoms with van der Waals surface area (Å²) in [7, 11) is 2.16. The van der Waals surface area contributed by atoms with Gasteiger partial charge in [-0.25, -0.2) is 0 Å². The molecule has 2 fully saturated rings. The van der Waals surface area contributed by atoms with Crippen molar-refractivity contribution in [2.75, 3.05) is 20.3 Å². The third-order valence-corrected chi connectivity index (χ3v) is 5.36. The molecule has 2 atom stereocenters. The third kappa shape index (κ3) is 3.22. The number of hydrogen-bond donors (Lipinski definition) is 1. The molecule has 2 unspecified atom stereocenters. The van der Waals surface area contributed by atoms with Gasteiger partial charge in [-0.1, -0.05) is 45.0 Å². The Morgan fingerprint density at radius 2 is 1.68 bits per heavy atom. The van der Waals surface area contributed by atoms with Gasteiger partial charge in [0.15, 0.2) is 0 Å². The minimum Gasteiger partial charge on any atom is -0.389 e. The first-order valence-electron chi connectivity index (χ1n) is 8.38. The van der Waals surface area contributed by atoms with Crippen LogP contribution in [0.2, 0.25) is 0 Å². The molecule has 0 spiro atoms. The van der Waals surface area contributed by atoms with Gasteiger partial charge in [0.1, 0.15) is 0 Å². The Balaban J connectivity index is 1.72. The van der Waals surface area contributed by atoms with Crippen molar-refractivity contribution in [3.05, 3.63) is 35.4 Å². The quantitative estimate of drug-likeness (QED) is 0.912. The van der Waals surface area contributed by atoms with Crippen LogP contribution in [0.25, 0.3) is 0 Å². The summed E-state index contributed by atoms with van der Waals surface area (Å²) >= 11 is 0. The number of hydrogen-bond acceptors (Lipinski definition) is 3. The molecule has 2 aliphatic heterocycles. The number of aliphatic hydroxyl groups is 1. The van der Waals surface area contributed by atoms with Crippen LogP contribution in [0.3, 0.4) is 0 Å². The number of ether oxygens (including phenoxy) is 1. The van der Waals surface area contributed by atoms with E-state index in [1.165, 1.54) is 11.1 Å². The number of likely N-dealkylation sites (N-methyl/N-ethyl adjacent to an activating group) is 1. The number of nitrogens with zero attached hydrogens (tertiary/aromatic N) is 1. The van der Waals surface area contributed by atoms with Gasteiger partial charge in [-0.05, 0) is 36.4 Å². The Kier molecular flexibility index (Phi) is 4.09. The van der Waals surface area contributed by atoms with Crippen LogP contribution in [0.4, 0.5) is 0 Å². The van der Waals surface area contributed by atoms with Crippen molar-refractivity contribution in [1.29, 1.82) is 0 Å². The van der Waals surface area contributed by atoms with Gasteiger partial charge in [-0.15, -0.1) is 0 Å². The van der Waals surface area contributed by atoms with Gasteiger partial charge in [-0.3, -0.25) is 4.90 Å². The molecule has 22 heavy (non-hydrogen) atoms. The molecule has 0 aliphatic carbocycles. The zero-order valence-electron chi connectivity index (χ0n) is 14.3. The lowest BCUT2D eigenvalue weighted by Crippen LogP contribution is -2.60. The fourth-order valence-corrected chi connectivity index (χ4v) is 3.89. The minimum absolute atomic E-state index is 0.178. The maximum absolute atomic E-state index is 11.1. The average molecular weight is 303 g/mol. The molecule has 0 saturated carbocycles. The molecule has 3 heteroatoms. The Labute approximate surface area is 134 Å². The minimum atomic E-state index is -0.588. The van der Waals surface area contributed by atoms with E-state index < -0.39 is 5.60 Å². The Bertz CT molecular complexity index is 503. The predicted molar refractivity (Wildman–Crippen MR) is 89.2 cm³/mol. The summed E-state index contributed by atoms with van der Waals surface area (Å²) in [6.07, 6.45) is 2.36. The summed E-state index contributed by atoms with van der Waals surface area (Å²) in [6.45, 7) is 8.19. The summed E-state index contributed by atoms with van der Waals surface area (Å²) in [5.74, 6) is 0. The van der Waals surface area contributed by atoms with Crippen molar-refractivity contribution in [1.82, 2.24) is 4.90 Å². The number of benzene rings is 1. The maximum Gasteiger partial charge on any atom is 0.0719 e. The first kappa shape index (κ1) is 16.0. The van der Waals surface area contributed by atoms with Gasteiger partial charge < -0.3 is 9.84 Å². The largest absolute Gasteiger partial charge is 0.389 e. The Hall–Kier alpha value is -0.900. The summed E-state index contributed by atoms with van der Waals surface area (Å²) in [4.78, 5) is 2.39. The van der Waals surface area contributed by atoms with Gasteiger partial charge in [0, 0.05) is 18.5 Å². The molecule has 122 valence electrons. The van der Waals surface area contributed by atoms with Crippen LogP contribution in [-0.4, -0.2) is 48.0 Å². The second-order valence-electron chi connectivity index (χ2n) is 8.27. The molecule has 2 bridgehead atoms. The molecule has 0 amide bonds. The second-order valence-corrected chi connectivity index (χ2v) is 8.27. The molecular formula is C19H29NO2. The van der Waals surface area contributed by atoms with E-state index in [-0.39, 0.29) is 5.41 Å². The lowest BCUT2D eigenvalue weighted by Gasteiger charge is -2.50. The van der Waals surface area contributed by atoms with E-state index >= 15 is 0 Å². The Morgan fingerprint density at radius 3 is 2.18 bits per heavy atom. The van der Waals surface area contributed by atoms with Gasteiger partial charge in [-0.2, -0.15) is 0 Å². The molecule has 0 radical (unpaired) electrons. The lowest BCUT2D eigenvalue weighted by molar-refractivity contribution is -0.133. The fraction of sp³-hybridized carbons (Fsp3) is 0.684. The van der Waals surface area contributed by atoms with E-state index in [1.54, 1.807) is 0 Å². The molecule has 1 aromatic carbocycles. The van der Waals surface area contributed by atoms with E-state index in [4.69, 9.17) is 4.74 Å². The topological polar surface area (TPSA) is 32.7 Å². The predicted octanol–water partition coefficient (Wildman–Crippen LogP) is 2.75. The SMILES string of the molecule is CN1C2COCC1CC(O)(Cc1ccc(C(C)(C)C)cc1)C2. The fourth-order valence-electron chi connectivity index (χ4n) is 3.89. The molecule has 3 nitrogen and oxygen atoms in total. The second kappa shape index (κ2) is 5.63. The number of piperidine rings is 1. The molecule has 3 rings (SSSR count). The molecule has 2 saturated heterocycles. The summed E-state index contributed by atoms with van der Waals surface area (Å²) in [5, 5.41) is 11.1. The Morgan fingerprint density at radius 1 is 1.14 bits per heavy atom. The van der Waals surface area contributed by atoms with Crippen molar-refractivity contribution in [3.8, 4) is 0 Å². The van der Waals surface area contributed by atoms with E-state index in [1.807, 2.05) is 0 Å². The highest BCUT2D eigenvalue weighted by molar-refractivity contribution is 5.28. The average Bonchev–Trinajstić information content (AvgIpc) is 2.40. The summed E-state index contributed by atoms with van der Waals surface area (Å²) in [5.41, 5.74) is 2.17. The van der Waals surface area contributed by atoms with Gasteiger partial charge >= 0.3 is 0 Å². The van der Waals surface area contributed by atoms with Crippen molar-refractivity contribution in [2.45, 2.75) is 63.1 Å². The summed E-state index contributed by atoms with van der Waals surface area (Å²) < 4.78 is 5.65. The number of fused-ring (bicyclic) bond motifs is 2. The van der Waals surface area contributed by atoms with E-state index in [9.17, 15) is 5.11 Å². The van der Waals surface area contributed by atoms with Crippen LogP contribution < -0.4 is 0 Å². The first-order chi connectivity index (χ1) is 10.3. The van der Waals surface area contributed by atoms with Crippen molar-refractivity contribution >= 4 is 0 Å². The van der Waals surface area contributed by atoms with Crippen LogP contribution >= 0.6 is 0 Å². The van der Waals surface area contributed by atoms with Gasteiger partial charge in [0.05, 0.1) is 18.8 Å². The van der Waals surface area contributed by atoms with Crippen LogP contribution in [0, 0.1) is 0 Å². The zero-order valence-corrected chi connectivity index (χ0v) is 14.3. The van der Waals surface area contributed by atoms with Crippen LogP contribution in [0.5, 0.6) is 0 Å². The smallest absolute Gasteiger partial charge is 0.0719 e. The van der Waals surface area contributed by atoms with Crippen LogP contribution in [-0.2, 0) is 16.6 Å². The lowest BCUT2D eigenvalue weighted by atomic mass is 9.77. The maximum atomic E-state index is 11.1. The van der Waals surface area contributed by atoms with Crippen molar-refractivity contribution in [2.24, 2.45) is 0 Å². The monoisotopic (exact) mass is 303 g/mol. The third-order valence-electron chi connectivity index (χ3n) is 5.36. The highest BCUT2D eigenvalue weighted by Gasteiger charge is 2.44. The summed E-state index contributed by atoms with van der Waals surface area (Å²) in [6, 6.07) is 9.49. The van der Waals surface area contributed by atoms with Crippen LogP contribution in [0.15, 0.2) is 24.3 Å². The first-order valence-corrected chi connectivity index (χ1v) is 8.38. The molecule has 2 heterocycles. The highest BCUT2D eigenvalue weighted by atomic mass is 16.5. The van der Waals surface area contributed by atoms with E-state index in [2.05, 4.69) is 57.0 Å². The number of morpholine rings is 1.